The van der Waals surface area contributed by atoms with Crippen LogP contribution in [0.1, 0.15) is 36.9 Å². The molecule has 166 valence electrons. The van der Waals surface area contributed by atoms with E-state index in [1.165, 1.54) is 0 Å². The third-order valence-electron chi connectivity index (χ3n) is 6.26. The molecule has 0 bridgehead atoms. The Balaban J connectivity index is 0.00000245. The molecule has 1 aliphatic carbocycles. The number of pyridine rings is 1. The predicted octanol–water partition coefficient (Wildman–Crippen LogP) is 3.24. The van der Waals surface area contributed by atoms with Crippen LogP contribution in [0, 0.1) is 12.8 Å². The summed E-state index contributed by atoms with van der Waals surface area (Å²) in [4.78, 5) is 12.1. The van der Waals surface area contributed by atoms with Crippen molar-refractivity contribution >= 4 is 51.8 Å². The van der Waals surface area contributed by atoms with Crippen LogP contribution in [0.4, 0.5) is 0 Å². The van der Waals surface area contributed by atoms with Crippen molar-refractivity contribution in [3.63, 3.8) is 0 Å². The van der Waals surface area contributed by atoms with Gasteiger partial charge in [-0.15, -0.1) is 0 Å². The van der Waals surface area contributed by atoms with Gasteiger partial charge in [0.15, 0.2) is 11.5 Å². The van der Waals surface area contributed by atoms with E-state index in [0.717, 1.165) is 53.7 Å². The molecule has 1 saturated heterocycles. The average molecular weight is 466 g/mol. The number of hydrogen-bond donors (Lipinski definition) is 1. The molecule has 1 N–H and O–H groups in total. The van der Waals surface area contributed by atoms with Crippen LogP contribution in [-0.2, 0) is 26.4 Å². The molecule has 2 aromatic heterocycles. The van der Waals surface area contributed by atoms with E-state index in [9.17, 15) is 4.55 Å². The van der Waals surface area contributed by atoms with Crippen molar-refractivity contribution in [1.29, 1.82) is 0 Å². The number of aromatic nitrogens is 3. The van der Waals surface area contributed by atoms with Crippen LogP contribution in [0.25, 0.3) is 11.0 Å². The van der Waals surface area contributed by atoms with Crippen LogP contribution in [0.5, 0.6) is 5.75 Å². The van der Waals surface area contributed by atoms with Crippen molar-refractivity contribution in [2.45, 2.75) is 49.3 Å². The summed E-state index contributed by atoms with van der Waals surface area (Å²) in [6.45, 7) is 4.04. The Morgan fingerprint density at radius 1 is 1.19 bits per heavy atom. The number of nitrogens with zero attached hydrogens (tertiary/aromatic N) is 2. The van der Waals surface area contributed by atoms with E-state index >= 15 is 0 Å². The second-order valence-corrected chi connectivity index (χ2v) is 9.66. The number of benzene rings is 1. The van der Waals surface area contributed by atoms with Gasteiger partial charge >= 0.3 is 34.7 Å². The minimum absolute atomic E-state index is 0. The molecular formula is C23H28N3NaO4S. The van der Waals surface area contributed by atoms with Gasteiger partial charge in [-0.25, -0.2) is 0 Å². The van der Waals surface area contributed by atoms with Gasteiger partial charge in [0.25, 0.3) is 0 Å². The van der Waals surface area contributed by atoms with Crippen LogP contribution >= 0.6 is 0 Å². The number of nitrogens with one attached hydrogen (secondary N) is 1. The van der Waals surface area contributed by atoms with E-state index < -0.39 is 11.2 Å². The van der Waals surface area contributed by atoms with Gasteiger partial charge in [-0.1, -0.05) is 12.1 Å². The Morgan fingerprint density at radius 2 is 1.94 bits per heavy atom. The van der Waals surface area contributed by atoms with Gasteiger partial charge in [0.2, 0.25) is 0 Å². The van der Waals surface area contributed by atoms with E-state index in [1.54, 1.807) is 6.20 Å². The third kappa shape index (κ3) is 5.17. The molecule has 0 radical (unpaired) electrons. The molecule has 32 heavy (non-hydrogen) atoms. The zero-order valence-electron chi connectivity index (χ0n) is 17.6. The molecule has 2 fully saturated rings. The molecule has 3 heterocycles. The van der Waals surface area contributed by atoms with Gasteiger partial charge in [-0.05, 0) is 43.9 Å². The van der Waals surface area contributed by atoms with Gasteiger partial charge in [-0.2, -0.15) is 4.98 Å². The summed E-state index contributed by atoms with van der Waals surface area (Å²) in [7, 11) is 0. The van der Waals surface area contributed by atoms with Crippen LogP contribution in [0.3, 0.4) is 0 Å². The zero-order valence-corrected chi connectivity index (χ0v) is 18.5. The van der Waals surface area contributed by atoms with E-state index in [2.05, 4.69) is 15.0 Å². The Labute approximate surface area is 213 Å². The van der Waals surface area contributed by atoms with E-state index in [-0.39, 0.29) is 35.3 Å². The molecule has 3 aromatic rings. The molecule has 1 unspecified atom stereocenters. The molecule has 2 aliphatic rings. The number of H-pyrrole nitrogens is 1. The van der Waals surface area contributed by atoms with Gasteiger partial charge < -0.3 is 18.8 Å². The number of ether oxygens (including phenoxy) is 3. The van der Waals surface area contributed by atoms with Gasteiger partial charge in [0.1, 0.15) is 5.75 Å². The number of rotatable bonds is 6. The zero-order chi connectivity index (χ0) is 21.3. The first kappa shape index (κ1) is 24.0. The Kier molecular flexibility index (Phi) is 7.82. The van der Waals surface area contributed by atoms with Crippen LogP contribution < -0.4 is 4.74 Å². The normalized spacial score (nSPS) is 19.2. The van der Waals surface area contributed by atoms with Crippen LogP contribution in [0.15, 0.2) is 41.7 Å². The molecule has 1 atom stereocenters. The molecule has 0 amide bonds. The minimum atomic E-state index is -1.31. The quantitative estimate of drug-likeness (QED) is 0.444. The third-order valence-corrected chi connectivity index (χ3v) is 7.43. The second kappa shape index (κ2) is 10.4. The summed E-state index contributed by atoms with van der Waals surface area (Å²) in [5, 5.41) is 0.473. The topological polar surface area (TPSA) is 92.3 Å². The number of fused-ring (bicyclic) bond motifs is 1. The van der Waals surface area contributed by atoms with E-state index in [1.807, 2.05) is 37.3 Å². The summed E-state index contributed by atoms with van der Waals surface area (Å²) in [6.07, 6.45) is 5.65. The number of imidazole rings is 1. The van der Waals surface area contributed by atoms with E-state index in [0.29, 0.717) is 36.6 Å². The number of aromatic amines is 1. The van der Waals surface area contributed by atoms with E-state index in [4.69, 9.17) is 14.2 Å². The fraction of sp³-hybridized carbons (Fsp3) is 0.478. The molecule has 1 aliphatic heterocycles. The first-order valence-electron chi connectivity index (χ1n) is 10.8. The fourth-order valence-corrected chi connectivity index (χ4v) is 5.47. The fourth-order valence-electron chi connectivity index (χ4n) is 4.37. The molecule has 7 nitrogen and oxygen atoms in total. The summed E-state index contributed by atoms with van der Waals surface area (Å²) >= 11 is -1.31. The van der Waals surface area contributed by atoms with Crippen molar-refractivity contribution in [3.8, 4) is 5.75 Å². The van der Waals surface area contributed by atoms with Crippen molar-refractivity contribution in [2.24, 2.45) is 5.92 Å². The maximum absolute atomic E-state index is 12.9. The summed E-state index contributed by atoms with van der Waals surface area (Å²) in [5.74, 6) is 1.25. The SMILES string of the molecule is Cc1c(OCC2CCC3(CC2)OCCO3)ccnc1C[S+]([O-])c1nc2ccccc2[nH]1.[NaH]. The second-order valence-electron chi connectivity index (χ2n) is 8.29. The molecule has 1 saturated carbocycles. The van der Waals surface area contributed by atoms with Gasteiger partial charge in [-0.3, -0.25) is 9.97 Å². The van der Waals surface area contributed by atoms with Crippen LogP contribution in [0.2, 0.25) is 0 Å². The number of para-hydroxylation sites is 2. The average Bonchev–Trinajstić information content (AvgIpc) is 3.43. The Hall–Kier alpha value is -1.13. The van der Waals surface area contributed by atoms with Crippen molar-refractivity contribution < 1.29 is 18.8 Å². The summed E-state index contributed by atoms with van der Waals surface area (Å²) in [5.41, 5.74) is 3.40. The monoisotopic (exact) mass is 465 g/mol. The molecule has 1 spiro atoms. The van der Waals surface area contributed by atoms with Gasteiger partial charge in [0, 0.05) is 35.8 Å². The Bertz CT molecular complexity index is 1010. The molecule has 1 aromatic carbocycles. The first-order valence-corrected chi connectivity index (χ1v) is 12.1. The maximum atomic E-state index is 12.9. The molecule has 5 rings (SSSR count). The Morgan fingerprint density at radius 3 is 2.69 bits per heavy atom. The van der Waals surface area contributed by atoms with Crippen molar-refractivity contribution in [3.05, 3.63) is 47.8 Å². The standard InChI is InChI=1S/C23H27N3O4S.Na.H/c1-16-20(15-31(27)22-25-18-4-2-3-5-19(18)26-22)24-11-8-21(16)28-14-17-6-9-23(10-7-17)29-12-13-30-23;;/h2-5,8,11,17H,6-7,9-10,12-15H2,1H3,(H,25,26);;. The van der Waals surface area contributed by atoms with Crippen molar-refractivity contribution in [1.82, 2.24) is 15.0 Å². The molecule has 9 heteroatoms. The summed E-state index contributed by atoms with van der Waals surface area (Å²) in [6, 6.07) is 9.57. The first-order chi connectivity index (χ1) is 15.1. The van der Waals surface area contributed by atoms with Gasteiger partial charge in [0.05, 0.1) is 36.5 Å². The predicted molar refractivity (Wildman–Crippen MR) is 124 cm³/mol. The van der Waals surface area contributed by atoms with Crippen LogP contribution in [-0.4, -0.2) is 74.7 Å². The number of hydrogen-bond acceptors (Lipinski definition) is 6. The van der Waals surface area contributed by atoms with Crippen molar-refractivity contribution in [2.75, 3.05) is 19.8 Å². The molecular weight excluding hydrogens is 437 g/mol. The summed E-state index contributed by atoms with van der Waals surface area (Å²) < 4.78 is 30.7.